The molecular weight excluding hydrogens is 164 g/mol. The van der Waals surface area contributed by atoms with Gasteiger partial charge in [-0.2, -0.15) is 0 Å². The monoisotopic (exact) mass is 174 g/mol. The zero-order valence-electron chi connectivity index (χ0n) is 7.37. The van der Waals surface area contributed by atoms with E-state index < -0.39 is 0 Å². The first-order chi connectivity index (χ1) is 6.25. The van der Waals surface area contributed by atoms with Crippen molar-refractivity contribution in [2.75, 3.05) is 0 Å². The van der Waals surface area contributed by atoms with Crippen LogP contribution in [0.4, 0.5) is 0 Å². The Kier molecular flexibility index (Phi) is 1.85. The van der Waals surface area contributed by atoms with Gasteiger partial charge >= 0.3 is 0 Å². The lowest BCUT2D eigenvalue weighted by atomic mass is 10.1. The fourth-order valence-electron chi connectivity index (χ4n) is 1.31. The van der Waals surface area contributed by atoms with Crippen LogP contribution < -0.4 is 0 Å². The molecule has 0 aromatic carbocycles. The number of nitrogens with one attached hydrogen (secondary N) is 1. The molecule has 0 aliphatic heterocycles. The van der Waals surface area contributed by atoms with Gasteiger partial charge in [-0.25, -0.2) is 4.98 Å². The molecule has 3 nitrogen and oxygen atoms in total. The van der Waals surface area contributed by atoms with E-state index in [4.69, 9.17) is 0 Å². The predicted octanol–water partition coefficient (Wildman–Crippen LogP) is 1.72. The predicted molar refractivity (Wildman–Crippen MR) is 51.0 cm³/mol. The highest BCUT2D eigenvalue weighted by molar-refractivity contribution is 5.95. The van der Waals surface area contributed by atoms with Gasteiger partial charge in [-0.05, 0) is 25.2 Å². The number of carbonyl (C=O) groups excluding carboxylic acids is 1. The first kappa shape index (κ1) is 7.98. The molecule has 1 N–H and O–H groups in total. The molecule has 2 rings (SSSR count). The fraction of sp³-hybridized carbons (Fsp3) is 0.200. The molecule has 1 heterocycles. The number of H-pyrrole nitrogens is 1. The lowest BCUT2D eigenvalue weighted by Gasteiger charge is -1.94. The molecule has 0 radical (unpaired) electrons. The van der Waals surface area contributed by atoms with Gasteiger partial charge in [0.2, 0.25) is 0 Å². The van der Waals surface area contributed by atoms with E-state index >= 15 is 0 Å². The molecule has 66 valence electrons. The van der Waals surface area contributed by atoms with Crippen molar-refractivity contribution < 1.29 is 4.79 Å². The van der Waals surface area contributed by atoms with Crippen LogP contribution in [0.3, 0.4) is 0 Å². The summed E-state index contributed by atoms with van der Waals surface area (Å²) in [5.74, 6) is 0.983. The third kappa shape index (κ3) is 1.59. The number of ketones is 1. The number of hydrogen-bond acceptors (Lipinski definition) is 2. The van der Waals surface area contributed by atoms with Gasteiger partial charge in [0.1, 0.15) is 5.82 Å². The summed E-state index contributed by atoms with van der Waals surface area (Å²) in [6.45, 7) is 1.90. The second-order valence-electron chi connectivity index (χ2n) is 3.03. The smallest absolute Gasteiger partial charge is 0.159 e. The van der Waals surface area contributed by atoms with Crippen LogP contribution in [0.1, 0.15) is 23.6 Å². The Morgan fingerprint density at radius 2 is 2.23 bits per heavy atom. The van der Waals surface area contributed by atoms with Crippen molar-refractivity contribution >= 4 is 17.9 Å². The molecule has 0 unspecified atom stereocenters. The molecule has 0 fully saturated rings. The summed E-state index contributed by atoms with van der Waals surface area (Å²) in [6, 6.07) is 0. The largest absolute Gasteiger partial charge is 0.342 e. The maximum Gasteiger partial charge on any atom is 0.159 e. The van der Waals surface area contributed by atoms with E-state index in [2.05, 4.69) is 9.97 Å². The van der Waals surface area contributed by atoms with Crippen LogP contribution >= 0.6 is 0 Å². The normalized spacial score (nSPS) is 20.2. The van der Waals surface area contributed by atoms with Crippen molar-refractivity contribution in [1.82, 2.24) is 9.97 Å². The van der Waals surface area contributed by atoms with Crippen LogP contribution in [0, 0.1) is 6.92 Å². The van der Waals surface area contributed by atoms with Gasteiger partial charge in [0.25, 0.3) is 0 Å². The molecule has 1 aromatic heterocycles. The number of nitrogens with zero attached hydrogens (tertiary/aromatic N) is 1. The third-order valence-electron chi connectivity index (χ3n) is 1.91. The average molecular weight is 174 g/mol. The average Bonchev–Trinajstić information content (AvgIpc) is 2.40. The van der Waals surface area contributed by atoms with Gasteiger partial charge in [-0.15, -0.1) is 0 Å². The second-order valence-corrected chi connectivity index (χ2v) is 3.03. The van der Waals surface area contributed by atoms with E-state index in [0.29, 0.717) is 6.42 Å². The highest BCUT2D eigenvalue weighted by atomic mass is 16.1. The summed E-state index contributed by atoms with van der Waals surface area (Å²) < 4.78 is 0. The molecule has 0 bridgehead atoms. The van der Waals surface area contributed by atoms with Gasteiger partial charge in [0, 0.05) is 6.42 Å². The topological polar surface area (TPSA) is 45.8 Å². The highest BCUT2D eigenvalue weighted by Crippen LogP contribution is 2.12. The van der Waals surface area contributed by atoms with Crippen LogP contribution in [0.5, 0.6) is 0 Å². The van der Waals surface area contributed by atoms with Crippen LogP contribution in [-0.2, 0) is 4.79 Å². The number of carbonyl (C=O) groups is 1. The maximum absolute atomic E-state index is 11.1. The van der Waals surface area contributed by atoms with Gasteiger partial charge < -0.3 is 4.98 Å². The van der Waals surface area contributed by atoms with Crippen LogP contribution in [0.25, 0.3) is 12.2 Å². The number of hydrogen-bond donors (Lipinski definition) is 1. The number of aromatic nitrogens is 2. The Hall–Kier alpha value is -1.64. The molecule has 13 heavy (non-hydrogen) atoms. The molecule has 1 aliphatic carbocycles. The molecule has 0 atom stereocenters. The summed E-state index contributed by atoms with van der Waals surface area (Å²) >= 11 is 0. The van der Waals surface area contributed by atoms with E-state index in [-0.39, 0.29) is 5.78 Å². The lowest BCUT2D eigenvalue weighted by Crippen LogP contribution is -1.91. The number of rotatable bonds is 0. The maximum atomic E-state index is 11.1. The first-order valence-corrected chi connectivity index (χ1v) is 4.20. The Bertz CT molecular complexity index is 399. The third-order valence-corrected chi connectivity index (χ3v) is 1.91. The van der Waals surface area contributed by atoms with Crippen molar-refractivity contribution in [1.29, 1.82) is 0 Å². The minimum Gasteiger partial charge on any atom is -0.342 e. The standard InChI is InChI=1S/C10H10N2O/c1-7-11-9-4-2-3-8(13)5-6-10(9)12-7/h2,4-6H,3H2,1H3,(H,11,12)/b4-2+,6-5-. The van der Waals surface area contributed by atoms with Gasteiger partial charge in [0.05, 0.1) is 11.4 Å². The lowest BCUT2D eigenvalue weighted by molar-refractivity contribution is -0.113. The number of aromatic amines is 1. The molecule has 3 heteroatoms. The van der Waals surface area contributed by atoms with E-state index in [9.17, 15) is 4.79 Å². The van der Waals surface area contributed by atoms with Crippen molar-refractivity contribution in [3.8, 4) is 0 Å². The zero-order valence-corrected chi connectivity index (χ0v) is 7.37. The molecule has 0 saturated heterocycles. The van der Waals surface area contributed by atoms with Crippen molar-refractivity contribution in [3.63, 3.8) is 0 Å². The number of allylic oxidation sites excluding steroid dienone is 2. The minimum atomic E-state index is 0.113. The SMILES string of the molecule is Cc1nc2c([nH]1)/C=C/CC(=O)/C=C\2. The summed E-state index contributed by atoms with van der Waals surface area (Å²) in [5, 5.41) is 0. The van der Waals surface area contributed by atoms with E-state index in [1.165, 1.54) is 0 Å². The molecular formula is C10H10N2O. The second kappa shape index (κ2) is 3.01. The van der Waals surface area contributed by atoms with Gasteiger partial charge in [-0.3, -0.25) is 4.79 Å². The molecule has 0 spiro atoms. The van der Waals surface area contributed by atoms with E-state index in [1.807, 2.05) is 19.1 Å². The quantitative estimate of drug-likeness (QED) is 0.650. The van der Waals surface area contributed by atoms with Crippen molar-refractivity contribution in [3.05, 3.63) is 29.4 Å². The Morgan fingerprint density at radius 3 is 3.08 bits per heavy atom. The summed E-state index contributed by atoms with van der Waals surface area (Å²) in [4.78, 5) is 18.4. The Balaban J connectivity index is 2.49. The summed E-state index contributed by atoms with van der Waals surface area (Å²) in [7, 11) is 0. The van der Waals surface area contributed by atoms with Crippen molar-refractivity contribution in [2.24, 2.45) is 0 Å². The van der Waals surface area contributed by atoms with Gasteiger partial charge in [0.15, 0.2) is 5.78 Å². The van der Waals surface area contributed by atoms with Crippen LogP contribution in [-0.4, -0.2) is 15.8 Å². The Morgan fingerprint density at radius 1 is 1.38 bits per heavy atom. The minimum absolute atomic E-state index is 0.113. The Labute approximate surface area is 76.2 Å². The van der Waals surface area contributed by atoms with Gasteiger partial charge in [-0.1, -0.05) is 6.08 Å². The van der Waals surface area contributed by atoms with Crippen molar-refractivity contribution in [2.45, 2.75) is 13.3 Å². The molecule has 1 aliphatic rings. The molecule has 1 aromatic rings. The first-order valence-electron chi connectivity index (χ1n) is 4.20. The summed E-state index contributed by atoms with van der Waals surface area (Å²) in [5.41, 5.74) is 1.81. The fourth-order valence-corrected chi connectivity index (χ4v) is 1.31. The van der Waals surface area contributed by atoms with Crippen LogP contribution in [0.2, 0.25) is 0 Å². The number of fused-ring (bicyclic) bond motifs is 1. The summed E-state index contributed by atoms with van der Waals surface area (Å²) in [6.07, 6.45) is 7.54. The number of imidazole rings is 1. The molecule has 0 saturated carbocycles. The van der Waals surface area contributed by atoms with E-state index in [1.54, 1.807) is 12.2 Å². The number of aryl methyl sites for hydroxylation is 1. The van der Waals surface area contributed by atoms with E-state index in [0.717, 1.165) is 17.2 Å². The highest BCUT2D eigenvalue weighted by Gasteiger charge is 2.05. The zero-order chi connectivity index (χ0) is 9.26. The molecule has 0 amide bonds. The van der Waals surface area contributed by atoms with Crippen LogP contribution in [0.15, 0.2) is 12.2 Å².